The van der Waals surface area contributed by atoms with E-state index in [4.69, 9.17) is 0 Å². The van der Waals surface area contributed by atoms with Crippen molar-refractivity contribution in [2.24, 2.45) is 0 Å². The zero-order valence-electron chi connectivity index (χ0n) is 19.1. The molecule has 1 aliphatic rings. The topological polar surface area (TPSA) is 123 Å². The Morgan fingerprint density at radius 3 is 2.51 bits per heavy atom. The van der Waals surface area contributed by atoms with Crippen molar-refractivity contribution in [1.82, 2.24) is 19.4 Å². The van der Waals surface area contributed by atoms with Gasteiger partial charge in [-0.3, -0.25) is 4.79 Å². The maximum absolute atomic E-state index is 12.9. The lowest BCUT2D eigenvalue weighted by Gasteiger charge is -2.34. The highest BCUT2D eigenvalue weighted by atomic mass is 16.4. The first-order valence-corrected chi connectivity index (χ1v) is 11.4. The van der Waals surface area contributed by atoms with Crippen LogP contribution in [-0.2, 0) is 6.54 Å². The van der Waals surface area contributed by atoms with Crippen molar-refractivity contribution in [2.75, 3.05) is 36.4 Å². The quantitative estimate of drug-likeness (QED) is 0.480. The predicted molar refractivity (Wildman–Crippen MR) is 131 cm³/mol. The molecular formula is C25H23N6O4-. The average Bonchev–Trinajstić information content (AvgIpc) is 2.89. The van der Waals surface area contributed by atoms with E-state index in [1.807, 2.05) is 54.3 Å². The number of carboxylic acid groups (broad SMARTS) is 1. The first-order valence-electron chi connectivity index (χ1n) is 11.4. The maximum atomic E-state index is 12.9. The van der Waals surface area contributed by atoms with Crippen molar-refractivity contribution >= 4 is 45.4 Å². The molecule has 0 radical (unpaired) electrons. The zero-order chi connectivity index (χ0) is 24.5. The number of rotatable bonds is 4. The second-order valence-electron chi connectivity index (χ2n) is 8.28. The van der Waals surface area contributed by atoms with Crippen molar-refractivity contribution in [3.8, 4) is 0 Å². The largest absolute Gasteiger partial charge is 0.545 e. The summed E-state index contributed by atoms with van der Waals surface area (Å²) >= 11 is 0. The molecule has 1 aliphatic heterocycles. The Morgan fingerprint density at radius 1 is 1.03 bits per heavy atom. The molecule has 1 saturated heterocycles. The Balaban J connectivity index is 1.32. The van der Waals surface area contributed by atoms with E-state index >= 15 is 0 Å². The molecule has 2 amide bonds. The summed E-state index contributed by atoms with van der Waals surface area (Å²) in [6.07, 6.45) is 2.62. The molecule has 2 aromatic carbocycles. The number of carbonyl (C=O) groups excluding carboxylic acids is 2. The fourth-order valence-corrected chi connectivity index (χ4v) is 4.34. The molecule has 0 spiro atoms. The van der Waals surface area contributed by atoms with Gasteiger partial charge in [-0.05, 0) is 18.4 Å². The van der Waals surface area contributed by atoms with Gasteiger partial charge in [-0.1, -0.05) is 36.4 Å². The summed E-state index contributed by atoms with van der Waals surface area (Å²) in [6.45, 7) is 4.24. The molecule has 5 rings (SSSR count). The van der Waals surface area contributed by atoms with E-state index in [9.17, 15) is 19.5 Å². The van der Waals surface area contributed by atoms with Crippen molar-refractivity contribution in [2.45, 2.75) is 13.5 Å². The van der Waals surface area contributed by atoms with E-state index in [-0.39, 0.29) is 11.4 Å². The number of aromatic nitrogens is 3. The Labute approximate surface area is 200 Å². The van der Waals surface area contributed by atoms with Crippen LogP contribution in [0.2, 0.25) is 0 Å². The Morgan fingerprint density at radius 2 is 1.77 bits per heavy atom. The van der Waals surface area contributed by atoms with E-state index in [1.54, 1.807) is 9.47 Å². The number of benzene rings is 2. The molecule has 0 unspecified atom stereocenters. The van der Waals surface area contributed by atoms with Gasteiger partial charge in [-0.25, -0.2) is 9.78 Å². The van der Waals surface area contributed by atoms with Gasteiger partial charge in [0.15, 0.2) is 0 Å². The molecule has 10 heteroatoms. The fourth-order valence-electron chi connectivity index (χ4n) is 4.34. The van der Waals surface area contributed by atoms with Crippen LogP contribution in [0, 0.1) is 0 Å². The third-order valence-corrected chi connectivity index (χ3v) is 6.24. The number of nitrogens with zero attached hydrogens (tertiary/aromatic N) is 5. The summed E-state index contributed by atoms with van der Waals surface area (Å²) in [5, 5.41) is 16.5. The number of urea groups is 1. The van der Waals surface area contributed by atoms with Gasteiger partial charge in [0, 0.05) is 50.5 Å². The van der Waals surface area contributed by atoms with Gasteiger partial charge in [0.25, 0.3) is 0 Å². The highest BCUT2D eigenvalue weighted by Gasteiger charge is 2.24. The number of carbonyl (C=O) groups is 2. The minimum Gasteiger partial charge on any atom is -0.545 e. The van der Waals surface area contributed by atoms with Crippen molar-refractivity contribution in [1.29, 1.82) is 0 Å². The Kier molecular flexibility index (Phi) is 5.77. The lowest BCUT2D eigenvalue weighted by Crippen LogP contribution is -2.50. The van der Waals surface area contributed by atoms with Gasteiger partial charge in [0.2, 0.25) is 11.4 Å². The van der Waals surface area contributed by atoms with Crippen molar-refractivity contribution < 1.29 is 14.7 Å². The zero-order valence-corrected chi connectivity index (χ0v) is 19.1. The standard InChI is InChI=1S/C25H24N6O4/c1-2-29-15-19(23(33)34)21(32)18-14-26-24(28-22(18)29)30-10-12-31(13-11-30)25(35)27-20-9-5-7-16-6-3-4-8-17(16)20/h3-9,14-15H,2,10-13H2,1H3,(H,27,35)(H,33,34)/p-1. The monoisotopic (exact) mass is 471 g/mol. The van der Waals surface area contributed by atoms with E-state index in [1.165, 1.54) is 12.4 Å². The molecule has 0 saturated carbocycles. The molecule has 0 aliphatic carbocycles. The molecule has 1 N–H and O–H groups in total. The smallest absolute Gasteiger partial charge is 0.321 e. The van der Waals surface area contributed by atoms with Crippen LogP contribution in [0.5, 0.6) is 0 Å². The summed E-state index contributed by atoms with van der Waals surface area (Å²) in [7, 11) is 0. The van der Waals surface area contributed by atoms with Crippen LogP contribution in [0.1, 0.15) is 17.3 Å². The Hall–Kier alpha value is -4.47. The SMILES string of the molecule is CCn1cc(C(=O)[O-])c(=O)c2cnc(N3CCN(C(=O)Nc4cccc5ccccc45)CC3)nc21. The summed E-state index contributed by atoms with van der Waals surface area (Å²) in [5.41, 5.74) is 0.0539. The van der Waals surface area contributed by atoms with Crippen LogP contribution in [0.25, 0.3) is 21.8 Å². The number of hydrogen-bond donors (Lipinski definition) is 1. The number of amides is 2. The number of anilines is 2. The van der Waals surface area contributed by atoms with Crippen LogP contribution in [0.3, 0.4) is 0 Å². The average molecular weight is 471 g/mol. The molecule has 35 heavy (non-hydrogen) atoms. The van der Waals surface area contributed by atoms with Gasteiger partial charge in [0.1, 0.15) is 5.65 Å². The maximum Gasteiger partial charge on any atom is 0.321 e. The normalized spacial score (nSPS) is 13.9. The van der Waals surface area contributed by atoms with E-state index in [0.717, 1.165) is 16.5 Å². The van der Waals surface area contributed by atoms with Crippen LogP contribution in [0.4, 0.5) is 16.4 Å². The molecule has 0 bridgehead atoms. The van der Waals surface area contributed by atoms with Crippen molar-refractivity contribution in [3.05, 3.63) is 70.6 Å². The van der Waals surface area contributed by atoms with Gasteiger partial charge in [-0.15, -0.1) is 0 Å². The summed E-state index contributed by atoms with van der Waals surface area (Å²) in [4.78, 5) is 49.3. The van der Waals surface area contributed by atoms with E-state index in [2.05, 4.69) is 15.3 Å². The lowest BCUT2D eigenvalue weighted by molar-refractivity contribution is -0.255. The van der Waals surface area contributed by atoms with E-state index in [0.29, 0.717) is 44.3 Å². The number of fused-ring (bicyclic) bond motifs is 2. The second kappa shape index (κ2) is 9.05. The molecule has 10 nitrogen and oxygen atoms in total. The highest BCUT2D eigenvalue weighted by molar-refractivity contribution is 6.01. The minimum atomic E-state index is -1.53. The van der Waals surface area contributed by atoms with Gasteiger partial charge in [0.05, 0.1) is 22.6 Å². The molecular weight excluding hydrogens is 448 g/mol. The number of aromatic carboxylic acids is 1. The third kappa shape index (κ3) is 4.14. The third-order valence-electron chi connectivity index (χ3n) is 6.24. The number of pyridine rings is 1. The van der Waals surface area contributed by atoms with Gasteiger partial charge in [-0.2, -0.15) is 4.98 Å². The van der Waals surface area contributed by atoms with Crippen LogP contribution < -0.4 is 20.8 Å². The first-order chi connectivity index (χ1) is 17.0. The Bertz CT molecular complexity index is 1500. The van der Waals surface area contributed by atoms with Crippen LogP contribution in [0.15, 0.2) is 59.7 Å². The predicted octanol–water partition coefficient (Wildman–Crippen LogP) is 1.68. The van der Waals surface area contributed by atoms with E-state index < -0.39 is 17.0 Å². The number of carboxylic acids is 1. The first kappa shape index (κ1) is 22.3. The summed E-state index contributed by atoms with van der Waals surface area (Å²) in [5.74, 6) is -1.10. The number of nitrogens with one attached hydrogen (secondary N) is 1. The van der Waals surface area contributed by atoms with Crippen LogP contribution in [-0.4, -0.2) is 57.6 Å². The molecule has 0 atom stereocenters. The number of hydrogen-bond acceptors (Lipinski definition) is 7. The number of piperazine rings is 1. The fraction of sp³-hybridized carbons (Fsp3) is 0.240. The molecule has 2 aromatic heterocycles. The molecule has 4 aromatic rings. The number of aryl methyl sites for hydroxylation is 1. The van der Waals surface area contributed by atoms with Gasteiger partial charge >= 0.3 is 6.03 Å². The van der Waals surface area contributed by atoms with Crippen LogP contribution >= 0.6 is 0 Å². The molecule has 1 fully saturated rings. The lowest BCUT2D eigenvalue weighted by atomic mass is 10.1. The molecule has 3 heterocycles. The summed E-state index contributed by atoms with van der Waals surface area (Å²) in [6, 6.07) is 13.5. The minimum absolute atomic E-state index is 0.130. The summed E-state index contributed by atoms with van der Waals surface area (Å²) < 4.78 is 1.60. The highest BCUT2D eigenvalue weighted by Crippen LogP contribution is 2.23. The second-order valence-corrected chi connectivity index (χ2v) is 8.28. The van der Waals surface area contributed by atoms with Gasteiger partial charge < -0.3 is 29.6 Å². The van der Waals surface area contributed by atoms with Crippen molar-refractivity contribution in [3.63, 3.8) is 0 Å². The molecule has 178 valence electrons.